The van der Waals surface area contributed by atoms with Crippen LogP contribution in [0.3, 0.4) is 0 Å². The Morgan fingerprint density at radius 2 is 1.78 bits per heavy atom. The number of rotatable bonds is 5. The van der Waals surface area contributed by atoms with Gasteiger partial charge in [-0.15, -0.1) is 0 Å². The van der Waals surface area contributed by atoms with E-state index in [4.69, 9.17) is 4.74 Å². The molecule has 0 heterocycles. The number of hydrogen-bond acceptors (Lipinski definition) is 4. The average molecular weight is 311 g/mol. The number of anilines is 1. The molecule has 0 saturated carbocycles. The number of ketones is 1. The highest BCUT2D eigenvalue weighted by Crippen LogP contribution is 2.15. The van der Waals surface area contributed by atoms with Crippen LogP contribution in [-0.2, 0) is 4.74 Å². The van der Waals surface area contributed by atoms with Gasteiger partial charge < -0.3 is 9.47 Å². The molecule has 2 rings (SSSR count). The van der Waals surface area contributed by atoms with Gasteiger partial charge in [0.2, 0.25) is 0 Å². The monoisotopic (exact) mass is 311 g/mol. The summed E-state index contributed by atoms with van der Waals surface area (Å²) < 4.78 is 9.60. The summed E-state index contributed by atoms with van der Waals surface area (Å²) in [7, 11) is 2.88. The summed E-state index contributed by atoms with van der Waals surface area (Å²) in [6.45, 7) is 0. The van der Waals surface area contributed by atoms with Crippen molar-refractivity contribution >= 4 is 23.6 Å². The Morgan fingerprint density at radius 1 is 1.04 bits per heavy atom. The number of carbonyl (C=O) groups is 2. The van der Waals surface area contributed by atoms with Crippen molar-refractivity contribution < 1.29 is 19.1 Å². The molecule has 23 heavy (non-hydrogen) atoms. The first-order valence-electron chi connectivity index (χ1n) is 6.94. The van der Waals surface area contributed by atoms with Crippen LogP contribution in [0, 0.1) is 0 Å². The quantitative estimate of drug-likeness (QED) is 0.674. The summed E-state index contributed by atoms with van der Waals surface area (Å²) in [6.07, 6.45) is 2.63. The minimum Gasteiger partial charge on any atom is -0.497 e. The number of benzene rings is 2. The molecule has 1 amide bonds. The zero-order valence-electron chi connectivity index (χ0n) is 12.9. The third-order valence-corrected chi connectivity index (χ3v) is 3.12. The van der Waals surface area contributed by atoms with Gasteiger partial charge in [-0.3, -0.25) is 10.1 Å². The van der Waals surface area contributed by atoms with Crippen molar-refractivity contribution in [2.45, 2.75) is 0 Å². The minimum atomic E-state index is -0.580. The Kier molecular flexibility index (Phi) is 5.52. The molecule has 118 valence electrons. The highest BCUT2D eigenvalue weighted by Gasteiger charge is 2.05. The van der Waals surface area contributed by atoms with Gasteiger partial charge in [0.1, 0.15) is 5.75 Å². The van der Waals surface area contributed by atoms with E-state index >= 15 is 0 Å². The zero-order chi connectivity index (χ0) is 16.7. The van der Waals surface area contributed by atoms with Gasteiger partial charge in [0.25, 0.3) is 0 Å². The Labute approximate surface area is 134 Å². The van der Waals surface area contributed by atoms with E-state index in [2.05, 4.69) is 10.1 Å². The fourth-order valence-electron chi connectivity index (χ4n) is 1.90. The van der Waals surface area contributed by atoms with E-state index in [9.17, 15) is 9.59 Å². The smallest absolute Gasteiger partial charge is 0.411 e. The molecule has 1 N–H and O–H groups in total. The van der Waals surface area contributed by atoms with E-state index < -0.39 is 6.09 Å². The van der Waals surface area contributed by atoms with Crippen LogP contribution < -0.4 is 10.1 Å². The average Bonchev–Trinajstić information content (AvgIpc) is 2.60. The number of amides is 1. The molecule has 5 nitrogen and oxygen atoms in total. The van der Waals surface area contributed by atoms with Crippen LogP contribution in [0.15, 0.2) is 54.6 Å². The molecule has 0 fully saturated rings. The van der Waals surface area contributed by atoms with Gasteiger partial charge >= 0.3 is 6.09 Å². The van der Waals surface area contributed by atoms with Crippen molar-refractivity contribution in [2.75, 3.05) is 19.5 Å². The predicted molar refractivity (Wildman–Crippen MR) is 88.8 cm³/mol. The molecule has 2 aromatic carbocycles. The van der Waals surface area contributed by atoms with Crippen LogP contribution in [-0.4, -0.2) is 26.1 Å². The van der Waals surface area contributed by atoms with Crippen LogP contribution in [0.2, 0.25) is 0 Å². The van der Waals surface area contributed by atoms with Crippen molar-refractivity contribution in [2.24, 2.45) is 0 Å². The molecule has 0 aromatic heterocycles. The minimum absolute atomic E-state index is 0.158. The van der Waals surface area contributed by atoms with Crippen LogP contribution in [0.1, 0.15) is 15.9 Å². The number of methoxy groups -OCH3 is 2. The van der Waals surface area contributed by atoms with Gasteiger partial charge in [0, 0.05) is 11.3 Å². The van der Waals surface area contributed by atoms with Gasteiger partial charge in [-0.05, 0) is 35.9 Å². The number of carbonyl (C=O) groups excluding carboxylic acids is 2. The predicted octanol–water partition coefficient (Wildman–Crippen LogP) is 3.77. The van der Waals surface area contributed by atoms with E-state index in [1.54, 1.807) is 37.5 Å². The van der Waals surface area contributed by atoms with Crippen molar-refractivity contribution in [3.8, 4) is 5.75 Å². The molecule has 5 heteroatoms. The normalized spacial score (nSPS) is 10.3. The standard InChI is InChI=1S/C18H17NO4/c1-22-16-9-6-13(7-10-16)8-11-17(20)14-4-3-5-15(12-14)19-18(21)23-2/h3-12H,1-2H3,(H,19,21)/b11-8+. The first-order chi connectivity index (χ1) is 11.1. The van der Waals surface area contributed by atoms with Crippen LogP contribution in [0.4, 0.5) is 10.5 Å². The molecule has 0 radical (unpaired) electrons. The maximum absolute atomic E-state index is 12.2. The van der Waals surface area contributed by atoms with Crippen LogP contribution >= 0.6 is 0 Å². The third kappa shape index (κ3) is 4.71. The van der Waals surface area contributed by atoms with Gasteiger partial charge in [0.05, 0.1) is 14.2 Å². The lowest BCUT2D eigenvalue weighted by atomic mass is 10.1. The first kappa shape index (κ1) is 16.3. The highest BCUT2D eigenvalue weighted by atomic mass is 16.5. The number of ether oxygens (including phenoxy) is 2. The molecule has 2 aromatic rings. The molecular formula is C18H17NO4. The summed E-state index contributed by atoms with van der Waals surface area (Å²) in [5, 5.41) is 2.52. The maximum Gasteiger partial charge on any atom is 0.411 e. The molecule has 0 aliphatic carbocycles. The summed E-state index contributed by atoms with van der Waals surface area (Å²) in [5.74, 6) is 0.601. The van der Waals surface area contributed by atoms with Crippen molar-refractivity contribution in [1.29, 1.82) is 0 Å². The molecule has 0 atom stereocenters. The largest absolute Gasteiger partial charge is 0.497 e. The number of hydrogen-bond donors (Lipinski definition) is 1. The highest BCUT2D eigenvalue weighted by molar-refractivity contribution is 6.07. The van der Waals surface area contributed by atoms with E-state index in [1.165, 1.54) is 13.2 Å². The fourth-order valence-corrected chi connectivity index (χ4v) is 1.90. The second-order valence-corrected chi connectivity index (χ2v) is 4.67. The summed E-state index contributed by atoms with van der Waals surface area (Å²) >= 11 is 0. The Hall–Kier alpha value is -3.08. The lowest BCUT2D eigenvalue weighted by Crippen LogP contribution is -2.11. The molecule has 0 spiro atoms. The second kappa shape index (κ2) is 7.79. The zero-order valence-corrected chi connectivity index (χ0v) is 12.9. The van der Waals surface area contributed by atoms with E-state index in [-0.39, 0.29) is 5.78 Å². The van der Waals surface area contributed by atoms with E-state index in [1.807, 2.05) is 24.3 Å². The topological polar surface area (TPSA) is 64.6 Å². The van der Waals surface area contributed by atoms with Gasteiger partial charge in [-0.25, -0.2) is 4.79 Å². The summed E-state index contributed by atoms with van der Waals surface area (Å²) in [4.78, 5) is 23.4. The van der Waals surface area contributed by atoms with Gasteiger partial charge in [-0.1, -0.05) is 30.3 Å². The molecule has 0 bridgehead atoms. The van der Waals surface area contributed by atoms with Crippen molar-refractivity contribution in [3.63, 3.8) is 0 Å². The fraction of sp³-hybridized carbons (Fsp3) is 0.111. The summed E-state index contributed by atoms with van der Waals surface area (Å²) in [5.41, 5.74) is 1.87. The second-order valence-electron chi connectivity index (χ2n) is 4.67. The number of nitrogens with one attached hydrogen (secondary N) is 1. The molecule has 0 aliphatic heterocycles. The van der Waals surface area contributed by atoms with Crippen LogP contribution in [0.25, 0.3) is 6.08 Å². The third-order valence-electron chi connectivity index (χ3n) is 3.12. The Balaban J connectivity index is 2.08. The number of allylic oxidation sites excluding steroid dienone is 1. The van der Waals surface area contributed by atoms with Crippen molar-refractivity contribution in [1.82, 2.24) is 0 Å². The lowest BCUT2D eigenvalue weighted by molar-refractivity contribution is 0.104. The van der Waals surface area contributed by atoms with E-state index in [0.717, 1.165) is 11.3 Å². The van der Waals surface area contributed by atoms with Crippen LogP contribution in [0.5, 0.6) is 5.75 Å². The van der Waals surface area contributed by atoms with Crippen molar-refractivity contribution in [3.05, 3.63) is 65.7 Å². The summed E-state index contributed by atoms with van der Waals surface area (Å²) in [6, 6.07) is 14.0. The molecule has 0 aliphatic rings. The van der Waals surface area contributed by atoms with Gasteiger partial charge in [0.15, 0.2) is 5.78 Å². The SMILES string of the molecule is COC(=O)Nc1cccc(C(=O)/C=C/c2ccc(OC)cc2)c1. The molecule has 0 saturated heterocycles. The Bertz CT molecular complexity index is 720. The molecule has 0 unspecified atom stereocenters. The lowest BCUT2D eigenvalue weighted by Gasteiger charge is -2.04. The van der Waals surface area contributed by atoms with E-state index in [0.29, 0.717) is 11.3 Å². The maximum atomic E-state index is 12.2. The first-order valence-corrected chi connectivity index (χ1v) is 6.94. The van der Waals surface area contributed by atoms with Gasteiger partial charge in [-0.2, -0.15) is 0 Å². The Morgan fingerprint density at radius 3 is 2.43 bits per heavy atom. The molecular weight excluding hydrogens is 294 g/mol.